The summed E-state index contributed by atoms with van der Waals surface area (Å²) in [5.41, 5.74) is 2.01. The van der Waals surface area contributed by atoms with Crippen molar-refractivity contribution in [2.45, 2.75) is 24.8 Å². The van der Waals surface area contributed by atoms with Crippen LogP contribution in [0.5, 0.6) is 11.5 Å². The van der Waals surface area contributed by atoms with Crippen LogP contribution in [-0.2, 0) is 16.0 Å². The number of amides is 2. The number of imide groups is 1. The van der Waals surface area contributed by atoms with Crippen molar-refractivity contribution in [3.05, 3.63) is 59.7 Å². The Balaban J connectivity index is 1.49. The molecule has 0 aliphatic carbocycles. The standard InChI is InChI=1S/C21H21NO5/c1-25-18-9-5-8-17-15(12-26-20(17)18)11-19(23)22-16(13-27-21(22)24)10-14-6-3-2-4-7-14/h2-9,15-16H,10-13H2,1H3/t15?,16-/m0/s1. The minimum Gasteiger partial charge on any atom is -0.493 e. The van der Waals surface area contributed by atoms with Crippen molar-refractivity contribution in [3.8, 4) is 11.5 Å². The van der Waals surface area contributed by atoms with Gasteiger partial charge in [-0.25, -0.2) is 9.69 Å². The number of para-hydroxylation sites is 1. The predicted octanol–water partition coefficient (Wildman–Crippen LogP) is 3.15. The number of rotatable bonds is 5. The number of carbonyl (C=O) groups excluding carboxylic acids is 2. The van der Waals surface area contributed by atoms with Crippen LogP contribution in [-0.4, -0.2) is 43.3 Å². The SMILES string of the molecule is COc1cccc2c1OCC2CC(=O)N1C(=O)OC[C@@H]1Cc1ccccc1. The maximum atomic E-state index is 12.9. The Morgan fingerprint density at radius 3 is 2.70 bits per heavy atom. The molecule has 2 atom stereocenters. The lowest BCUT2D eigenvalue weighted by atomic mass is 9.96. The van der Waals surface area contributed by atoms with Gasteiger partial charge < -0.3 is 14.2 Å². The van der Waals surface area contributed by atoms with Gasteiger partial charge in [-0.1, -0.05) is 42.5 Å². The largest absolute Gasteiger partial charge is 0.493 e. The van der Waals surface area contributed by atoms with Gasteiger partial charge in [0.15, 0.2) is 11.5 Å². The summed E-state index contributed by atoms with van der Waals surface area (Å²) in [6, 6.07) is 15.2. The summed E-state index contributed by atoms with van der Waals surface area (Å²) in [5.74, 6) is 1.00. The zero-order valence-corrected chi connectivity index (χ0v) is 15.1. The van der Waals surface area contributed by atoms with Crippen LogP contribution in [0, 0.1) is 0 Å². The van der Waals surface area contributed by atoms with E-state index < -0.39 is 6.09 Å². The van der Waals surface area contributed by atoms with Gasteiger partial charge in [-0.3, -0.25) is 4.79 Å². The second kappa shape index (κ2) is 7.31. The molecule has 0 bridgehead atoms. The van der Waals surface area contributed by atoms with E-state index in [4.69, 9.17) is 14.2 Å². The van der Waals surface area contributed by atoms with Crippen LogP contribution < -0.4 is 9.47 Å². The molecule has 0 spiro atoms. The van der Waals surface area contributed by atoms with Gasteiger partial charge in [-0.05, 0) is 18.1 Å². The number of fused-ring (bicyclic) bond motifs is 1. The summed E-state index contributed by atoms with van der Waals surface area (Å²) in [6.45, 7) is 0.624. The maximum absolute atomic E-state index is 12.9. The van der Waals surface area contributed by atoms with Gasteiger partial charge in [0.25, 0.3) is 0 Å². The first-order valence-electron chi connectivity index (χ1n) is 9.00. The van der Waals surface area contributed by atoms with Gasteiger partial charge in [0.05, 0.1) is 19.8 Å². The number of ether oxygens (including phenoxy) is 3. The molecule has 2 aliphatic rings. The highest BCUT2D eigenvalue weighted by Gasteiger charge is 2.40. The molecule has 2 aromatic rings. The second-order valence-electron chi connectivity index (χ2n) is 6.77. The summed E-state index contributed by atoms with van der Waals surface area (Å²) < 4.78 is 16.2. The van der Waals surface area contributed by atoms with Crippen molar-refractivity contribution in [3.63, 3.8) is 0 Å². The van der Waals surface area contributed by atoms with Crippen LogP contribution in [0.15, 0.2) is 48.5 Å². The second-order valence-corrected chi connectivity index (χ2v) is 6.77. The predicted molar refractivity (Wildman–Crippen MR) is 98.0 cm³/mol. The van der Waals surface area contributed by atoms with E-state index in [0.717, 1.165) is 11.1 Å². The van der Waals surface area contributed by atoms with Gasteiger partial charge in [0.2, 0.25) is 5.91 Å². The zero-order chi connectivity index (χ0) is 18.8. The lowest BCUT2D eigenvalue weighted by molar-refractivity contribution is -0.129. The van der Waals surface area contributed by atoms with E-state index in [9.17, 15) is 9.59 Å². The van der Waals surface area contributed by atoms with E-state index in [0.29, 0.717) is 24.5 Å². The normalized spacial score (nSPS) is 20.8. The van der Waals surface area contributed by atoms with Crippen LogP contribution in [0.2, 0.25) is 0 Å². The third kappa shape index (κ3) is 3.35. The minimum atomic E-state index is -0.564. The highest BCUT2D eigenvalue weighted by molar-refractivity contribution is 5.94. The first-order valence-corrected chi connectivity index (χ1v) is 9.00. The summed E-state index contributed by atoms with van der Waals surface area (Å²) in [4.78, 5) is 26.4. The molecular weight excluding hydrogens is 346 g/mol. The highest BCUT2D eigenvalue weighted by Crippen LogP contribution is 2.42. The van der Waals surface area contributed by atoms with E-state index in [1.807, 2.05) is 48.5 Å². The topological polar surface area (TPSA) is 65.1 Å². The monoisotopic (exact) mass is 367 g/mol. The number of benzene rings is 2. The Labute approximate surface area is 157 Å². The zero-order valence-electron chi connectivity index (χ0n) is 15.1. The van der Waals surface area contributed by atoms with Crippen LogP contribution in [0.4, 0.5) is 4.79 Å². The number of methoxy groups -OCH3 is 1. The first-order chi connectivity index (χ1) is 13.2. The molecule has 6 nitrogen and oxygen atoms in total. The lowest BCUT2D eigenvalue weighted by Gasteiger charge is -2.21. The molecule has 0 radical (unpaired) electrons. The van der Waals surface area contributed by atoms with Gasteiger partial charge in [-0.15, -0.1) is 0 Å². The molecule has 0 N–H and O–H groups in total. The van der Waals surface area contributed by atoms with Gasteiger partial charge in [0, 0.05) is 17.9 Å². The van der Waals surface area contributed by atoms with E-state index in [-0.39, 0.29) is 30.9 Å². The smallest absolute Gasteiger partial charge is 0.416 e. The van der Waals surface area contributed by atoms with Crippen molar-refractivity contribution in [2.24, 2.45) is 0 Å². The molecule has 1 unspecified atom stereocenters. The van der Waals surface area contributed by atoms with Crippen LogP contribution in [0.3, 0.4) is 0 Å². The number of carbonyl (C=O) groups is 2. The molecule has 140 valence electrons. The average Bonchev–Trinajstić information content (AvgIpc) is 3.26. The third-order valence-corrected chi connectivity index (χ3v) is 5.06. The van der Waals surface area contributed by atoms with E-state index in [1.165, 1.54) is 4.90 Å². The highest BCUT2D eigenvalue weighted by atomic mass is 16.6. The third-order valence-electron chi connectivity index (χ3n) is 5.06. The van der Waals surface area contributed by atoms with Crippen molar-refractivity contribution in [1.82, 2.24) is 4.90 Å². The summed E-state index contributed by atoms with van der Waals surface area (Å²) >= 11 is 0. The molecule has 0 saturated carbocycles. The summed E-state index contributed by atoms with van der Waals surface area (Å²) in [5, 5.41) is 0. The Morgan fingerprint density at radius 1 is 1.11 bits per heavy atom. The van der Waals surface area contributed by atoms with Crippen LogP contribution in [0.1, 0.15) is 23.5 Å². The Hall–Kier alpha value is -3.02. The van der Waals surface area contributed by atoms with Crippen molar-refractivity contribution in [1.29, 1.82) is 0 Å². The van der Waals surface area contributed by atoms with Gasteiger partial charge in [-0.2, -0.15) is 0 Å². The van der Waals surface area contributed by atoms with Crippen molar-refractivity contribution < 1.29 is 23.8 Å². The quantitative estimate of drug-likeness (QED) is 0.812. The van der Waals surface area contributed by atoms with Crippen molar-refractivity contribution in [2.75, 3.05) is 20.3 Å². The van der Waals surface area contributed by atoms with E-state index in [1.54, 1.807) is 7.11 Å². The molecular formula is C21H21NO5. The molecule has 2 amide bonds. The Morgan fingerprint density at radius 2 is 1.93 bits per heavy atom. The van der Waals surface area contributed by atoms with Gasteiger partial charge >= 0.3 is 6.09 Å². The fourth-order valence-corrected chi connectivity index (χ4v) is 3.72. The molecule has 2 aliphatic heterocycles. The first kappa shape index (κ1) is 17.4. The molecule has 0 aromatic heterocycles. The Bertz CT molecular complexity index is 851. The number of nitrogens with zero attached hydrogens (tertiary/aromatic N) is 1. The molecule has 1 saturated heterocycles. The van der Waals surface area contributed by atoms with E-state index >= 15 is 0 Å². The Kier molecular flexibility index (Phi) is 4.71. The fraction of sp³-hybridized carbons (Fsp3) is 0.333. The number of hydrogen-bond donors (Lipinski definition) is 0. The van der Waals surface area contributed by atoms with E-state index in [2.05, 4.69) is 0 Å². The minimum absolute atomic E-state index is 0.103. The van der Waals surface area contributed by atoms with Crippen LogP contribution in [0.25, 0.3) is 0 Å². The molecule has 27 heavy (non-hydrogen) atoms. The fourth-order valence-electron chi connectivity index (χ4n) is 3.72. The number of cyclic esters (lactones) is 1. The van der Waals surface area contributed by atoms with Crippen LogP contribution >= 0.6 is 0 Å². The molecule has 2 heterocycles. The maximum Gasteiger partial charge on any atom is 0.416 e. The molecule has 4 rings (SSSR count). The lowest BCUT2D eigenvalue weighted by Crippen LogP contribution is -2.40. The van der Waals surface area contributed by atoms with Crippen molar-refractivity contribution >= 4 is 12.0 Å². The summed E-state index contributed by atoms with van der Waals surface area (Å²) in [6.07, 6.45) is 0.218. The number of hydrogen-bond acceptors (Lipinski definition) is 5. The molecule has 6 heteroatoms. The molecule has 2 aromatic carbocycles. The van der Waals surface area contributed by atoms with Gasteiger partial charge in [0.1, 0.15) is 6.61 Å². The summed E-state index contributed by atoms with van der Waals surface area (Å²) in [7, 11) is 1.59. The average molecular weight is 367 g/mol. The molecule has 1 fully saturated rings.